The molecule has 0 amide bonds. The van der Waals surface area contributed by atoms with Crippen LogP contribution >= 0.6 is 11.3 Å². The van der Waals surface area contributed by atoms with Crippen LogP contribution < -0.4 is 5.32 Å². The monoisotopic (exact) mass is 361 g/mol. The summed E-state index contributed by atoms with van der Waals surface area (Å²) in [5, 5.41) is 6.42. The Labute approximate surface area is 154 Å². The fraction of sp³-hybridized carbons (Fsp3) is 0.0500. The lowest BCUT2D eigenvalue weighted by atomic mass is 10.1. The van der Waals surface area contributed by atoms with Crippen molar-refractivity contribution in [3.05, 3.63) is 71.9 Å². The van der Waals surface area contributed by atoms with E-state index in [-0.39, 0.29) is 5.97 Å². The predicted molar refractivity (Wildman–Crippen MR) is 104 cm³/mol. The van der Waals surface area contributed by atoms with E-state index in [0.717, 1.165) is 32.8 Å². The van der Waals surface area contributed by atoms with Crippen LogP contribution in [0, 0.1) is 0 Å². The maximum atomic E-state index is 11.6. The van der Waals surface area contributed by atoms with Crippen LogP contribution in [0.15, 0.2) is 66.3 Å². The maximum Gasteiger partial charge on any atom is 0.337 e. The number of nitrogens with zero attached hydrogens (tertiary/aromatic N) is 2. The Balaban J connectivity index is 1.73. The Morgan fingerprint density at radius 3 is 2.54 bits per heavy atom. The minimum absolute atomic E-state index is 0.356. The molecular formula is C20H15N3O2S. The lowest BCUT2D eigenvalue weighted by Gasteiger charge is -2.09. The Morgan fingerprint density at radius 2 is 1.81 bits per heavy atom. The van der Waals surface area contributed by atoms with E-state index in [1.54, 1.807) is 29.8 Å². The Morgan fingerprint density at radius 1 is 1.04 bits per heavy atom. The SMILES string of the molecule is COC(=O)c1ccc(Nc2ncnc3scc(-c4ccccc4)c23)cc1. The van der Waals surface area contributed by atoms with Crippen molar-refractivity contribution in [3.63, 3.8) is 0 Å². The fourth-order valence-electron chi connectivity index (χ4n) is 2.74. The summed E-state index contributed by atoms with van der Waals surface area (Å²) in [6, 6.07) is 17.3. The molecule has 0 saturated carbocycles. The Bertz CT molecular complexity index is 1060. The molecule has 128 valence electrons. The number of fused-ring (bicyclic) bond motifs is 1. The van der Waals surface area contributed by atoms with Crippen molar-refractivity contribution in [3.8, 4) is 11.1 Å². The van der Waals surface area contributed by atoms with Crippen LogP contribution in [-0.4, -0.2) is 23.0 Å². The van der Waals surface area contributed by atoms with Gasteiger partial charge in [-0.3, -0.25) is 0 Å². The van der Waals surface area contributed by atoms with Gasteiger partial charge in [0.15, 0.2) is 0 Å². The zero-order valence-electron chi connectivity index (χ0n) is 14.0. The summed E-state index contributed by atoms with van der Waals surface area (Å²) in [4.78, 5) is 21.3. The zero-order chi connectivity index (χ0) is 17.9. The van der Waals surface area contributed by atoms with E-state index in [0.29, 0.717) is 5.56 Å². The number of benzene rings is 2. The van der Waals surface area contributed by atoms with Crippen LogP contribution in [0.5, 0.6) is 0 Å². The normalized spacial score (nSPS) is 10.7. The molecule has 5 nitrogen and oxygen atoms in total. The average Bonchev–Trinajstić information content (AvgIpc) is 3.14. The fourth-order valence-corrected chi connectivity index (χ4v) is 3.66. The molecule has 0 fully saturated rings. The number of thiophene rings is 1. The molecule has 2 aromatic heterocycles. The Hall–Kier alpha value is -3.25. The van der Waals surface area contributed by atoms with Gasteiger partial charge in [0.1, 0.15) is 17.0 Å². The molecule has 0 radical (unpaired) electrons. The molecule has 0 aliphatic rings. The van der Waals surface area contributed by atoms with E-state index < -0.39 is 0 Å². The third-order valence-electron chi connectivity index (χ3n) is 4.02. The molecule has 4 aromatic rings. The second kappa shape index (κ2) is 6.93. The second-order valence-electron chi connectivity index (χ2n) is 5.61. The largest absolute Gasteiger partial charge is 0.465 e. The van der Waals surface area contributed by atoms with Gasteiger partial charge in [-0.2, -0.15) is 0 Å². The molecule has 4 rings (SSSR count). The van der Waals surface area contributed by atoms with E-state index in [4.69, 9.17) is 4.74 Å². The van der Waals surface area contributed by atoms with Gasteiger partial charge in [0.05, 0.1) is 18.1 Å². The standard InChI is InChI=1S/C20H15N3O2S/c1-25-20(24)14-7-9-15(10-8-14)23-18-17-16(13-5-3-2-4-6-13)11-26-19(17)22-12-21-18/h2-12H,1H3,(H,21,22,23). The number of ether oxygens (including phenoxy) is 1. The van der Waals surface area contributed by atoms with Crippen molar-refractivity contribution in [1.82, 2.24) is 9.97 Å². The van der Waals surface area contributed by atoms with Gasteiger partial charge in [0, 0.05) is 16.6 Å². The first kappa shape index (κ1) is 16.2. The van der Waals surface area contributed by atoms with Crippen LogP contribution in [-0.2, 0) is 4.74 Å². The van der Waals surface area contributed by atoms with E-state index in [2.05, 4.69) is 32.8 Å². The third-order valence-corrected chi connectivity index (χ3v) is 4.91. The minimum atomic E-state index is -0.356. The second-order valence-corrected chi connectivity index (χ2v) is 6.47. The van der Waals surface area contributed by atoms with E-state index in [9.17, 15) is 4.79 Å². The van der Waals surface area contributed by atoms with E-state index in [1.165, 1.54) is 7.11 Å². The van der Waals surface area contributed by atoms with Crippen LogP contribution in [0.1, 0.15) is 10.4 Å². The first-order valence-electron chi connectivity index (χ1n) is 7.99. The van der Waals surface area contributed by atoms with Gasteiger partial charge in [0.2, 0.25) is 0 Å². The van der Waals surface area contributed by atoms with Crippen molar-refractivity contribution in [2.24, 2.45) is 0 Å². The highest BCUT2D eigenvalue weighted by atomic mass is 32.1. The molecule has 0 saturated heterocycles. The number of anilines is 2. The minimum Gasteiger partial charge on any atom is -0.465 e. The molecule has 0 unspecified atom stereocenters. The lowest BCUT2D eigenvalue weighted by Crippen LogP contribution is -2.01. The maximum absolute atomic E-state index is 11.6. The predicted octanol–water partition coefficient (Wildman–Crippen LogP) is 4.89. The van der Waals surface area contributed by atoms with Gasteiger partial charge in [-0.25, -0.2) is 14.8 Å². The summed E-state index contributed by atoms with van der Waals surface area (Å²) < 4.78 is 4.73. The van der Waals surface area contributed by atoms with Gasteiger partial charge in [-0.15, -0.1) is 11.3 Å². The molecule has 0 bridgehead atoms. The summed E-state index contributed by atoms with van der Waals surface area (Å²) in [6.45, 7) is 0. The highest BCUT2D eigenvalue weighted by Gasteiger charge is 2.13. The first-order valence-corrected chi connectivity index (χ1v) is 8.87. The third kappa shape index (κ3) is 3.02. The van der Waals surface area contributed by atoms with Crippen LogP contribution in [0.3, 0.4) is 0 Å². The van der Waals surface area contributed by atoms with Crippen molar-refractivity contribution in [2.45, 2.75) is 0 Å². The molecule has 2 aromatic carbocycles. The van der Waals surface area contributed by atoms with E-state index >= 15 is 0 Å². The number of hydrogen-bond acceptors (Lipinski definition) is 6. The zero-order valence-corrected chi connectivity index (χ0v) is 14.8. The summed E-state index contributed by atoms with van der Waals surface area (Å²) in [7, 11) is 1.37. The molecule has 2 heterocycles. The quantitative estimate of drug-likeness (QED) is 0.524. The highest BCUT2D eigenvalue weighted by molar-refractivity contribution is 7.17. The lowest BCUT2D eigenvalue weighted by molar-refractivity contribution is 0.0601. The van der Waals surface area contributed by atoms with Gasteiger partial charge in [0.25, 0.3) is 0 Å². The number of carbonyl (C=O) groups is 1. The molecule has 0 spiro atoms. The molecular weight excluding hydrogens is 346 g/mol. The molecule has 6 heteroatoms. The number of hydrogen-bond donors (Lipinski definition) is 1. The summed E-state index contributed by atoms with van der Waals surface area (Å²) in [5.41, 5.74) is 3.56. The smallest absolute Gasteiger partial charge is 0.337 e. The van der Waals surface area contributed by atoms with E-state index in [1.807, 2.05) is 30.3 Å². The number of rotatable bonds is 4. The van der Waals surface area contributed by atoms with Crippen molar-refractivity contribution < 1.29 is 9.53 Å². The topological polar surface area (TPSA) is 64.1 Å². The molecule has 0 atom stereocenters. The molecule has 0 aliphatic carbocycles. The van der Waals surface area contributed by atoms with Gasteiger partial charge in [-0.1, -0.05) is 30.3 Å². The average molecular weight is 361 g/mol. The van der Waals surface area contributed by atoms with Crippen molar-refractivity contribution >= 4 is 39.0 Å². The molecule has 26 heavy (non-hydrogen) atoms. The molecule has 0 aliphatic heterocycles. The first-order chi connectivity index (χ1) is 12.8. The van der Waals surface area contributed by atoms with Gasteiger partial charge < -0.3 is 10.1 Å². The number of aromatic nitrogens is 2. The summed E-state index contributed by atoms with van der Waals surface area (Å²) in [5.74, 6) is 0.381. The number of esters is 1. The van der Waals surface area contributed by atoms with Crippen molar-refractivity contribution in [2.75, 3.05) is 12.4 Å². The highest BCUT2D eigenvalue weighted by Crippen LogP contribution is 2.37. The van der Waals surface area contributed by atoms with Gasteiger partial charge >= 0.3 is 5.97 Å². The van der Waals surface area contributed by atoms with Crippen LogP contribution in [0.4, 0.5) is 11.5 Å². The van der Waals surface area contributed by atoms with Crippen LogP contribution in [0.2, 0.25) is 0 Å². The van der Waals surface area contributed by atoms with Crippen molar-refractivity contribution in [1.29, 1.82) is 0 Å². The van der Waals surface area contributed by atoms with Crippen LogP contribution in [0.25, 0.3) is 21.3 Å². The number of nitrogens with one attached hydrogen (secondary N) is 1. The summed E-state index contributed by atoms with van der Waals surface area (Å²) >= 11 is 1.59. The molecule has 1 N–H and O–H groups in total. The van der Waals surface area contributed by atoms with Gasteiger partial charge in [-0.05, 0) is 29.8 Å². The Kier molecular flexibility index (Phi) is 4.33. The summed E-state index contributed by atoms with van der Waals surface area (Å²) in [6.07, 6.45) is 1.55. The number of carbonyl (C=O) groups excluding carboxylic acids is 1. The number of methoxy groups -OCH3 is 1.